The van der Waals surface area contributed by atoms with Gasteiger partial charge in [0.1, 0.15) is 6.42 Å². The fraction of sp³-hybridized carbons (Fsp3) is 0.500. The van der Waals surface area contributed by atoms with Gasteiger partial charge in [-0.3, -0.25) is 24.4 Å². The van der Waals surface area contributed by atoms with E-state index in [0.29, 0.717) is 4.90 Å². The molecule has 1 heterocycles. The molecule has 1 aliphatic rings. The van der Waals surface area contributed by atoms with Gasteiger partial charge in [-0.1, -0.05) is 0 Å². The average molecular weight is 252 g/mol. The zero-order chi connectivity index (χ0) is 12.3. The Bertz CT molecular complexity index is 408. The molecule has 0 atom stereocenters. The number of nitrogens with one attached hydrogen (secondary N) is 1. The summed E-state index contributed by atoms with van der Waals surface area (Å²) < 4.78 is 32.5. The number of urea groups is 1. The monoisotopic (exact) mass is 252 g/mol. The van der Waals surface area contributed by atoms with Gasteiger partial charge in [0.05, 0.1) is 13.2 Å². The zero-order valence-electron chi connectivity index (χ0n) is 7.87. The molecule has 16 heavy (non-hydrogen) atoms. The molecule has 0 saturated carbocycles. The lowest BCUT2D eigenvalue weighted by atomic mass is 10.3. The standard InChI is InChI=1S/C6H8N2O7S/c9-4-3-5(10)8(6(11)7-4)1-2-15-16(12,13)14/h1-3H2,(H,7,9,11)(H,12,13,14). The van der Waals surface area contributed by atoms with E-state index >= 15 is 0 Å². The Morgan fingerprint density at radius 1 is 1.38 bits per heavy atom. The Morgan fingerprint density at radius 3 is 2.50 bits per heavy atom. The van der Waals surface area contributed by atoms with Crippen LogP contribution in [-0.2, 0) is 24.2 Å². The second kappa shape index (κ2) is 4.55. The maximum absolute atomic E-state index is 11.1. The Labute approximate surface area is 90.3 Å². The maximum atomic E-state index is 11.1. The Hall–Kier alpha value is -1.52. The summed E-state index contributed by atoms with van der Waals surface area (Å²) in [5.74, 6) is -1.48. The van der Waals surface area contributed by atoms with E-state index in [1.165, 1.54) is 0 Å². The number of hydrogen-bond donors (Lipinski definition) is 2. The van der Waals surface area contributed by atoms with Crippen LogP contribution >= 0.6 is 0 Å². The quantitative estimate of drug-likeness (QED) is 0.449. The maximum Gasteiger partial charge on any atom is 0.397 e. The van der Waals surface area contributed by atoms with Gasteiger partial charge in [-0.05, 0) is 0 Å². The number of imide groups is 2. The number of hydrogen-bond acceptors (Lipinski definition) is 6. The first-order chi connectivity index (χ1) is 7.29. The molecular formula is C6H8N2O7S. The van der Waals surface area contributed by atoms with Crippen LogP contribution in [-0.4, -0.2) is 48.9 Å². The second-order valence-corrected chi connectivity index (χ2v) is 3.92. The van der Waals surface area contributed by atoms with Crippen LogP contribution in [0.2, 0.25) is 0 Å². The van der Waals surface area contributed by atoms with Crippen molar-refractivity contribution in [2.24, 2.45) is 0 Å². The van der Waals surface area contributed by atoms with Crippen molar-refractivity contribution in [2.45, 2.75) is 6.42 Å². The Morgan fingerprint density at radius 2 is 2.00 bits per heavy atom. The highest BCUT2D eigenvalue weighted by atomic mass is 32.3. The van der Waals surface area contributed by atoms with E-state index in [1.54, 1.807) is 0 Å². The van der Waals surface area contributed by atoms with Crippen LogP contribution in [0.4, 0.5) is 4.79 Å². The normalized spacial score (nSPS) is 17.6. The van der Waals surface area contributed by atoms with E-state index in [2.05, 4.69) is 4.18 Å². The lowest BCUT2D eigenvalue weighted by Crippen LogP contribution is -2.53. The van der Waals surface area contributed by atoms with Crippen molar-refractivity contribution >= 4 is 28.2 Å². The predicted molar refractivity (Wildman–Crippen MR) is 47.4 cm³/mol. The molecule has 4 amide bonds. The molecule has 0 aromatic rings. The number of amides is 4. The summed E-state index contributed by atoms with van der Waals surface area (Å²) in [5, 5.41) is 1.87. The topological polar surface area (TPSA) is 130 Å². The minimum atomic E-state index is -4.61. The largest absolute Gasteiger partial charge is 0.397 e. The van der Waals surface area contributed by atoms with Crippen molar-refractivity contribution in [3.8, 4) is 0 Å². The SMILES string of the molecule is O=C1CC(=O)N(CCOS(=O)(=O)O)C(=O)N1. The molecule has 2 N–H and O–H groups in total. The van der Waals surface area contributed by atoms with E-state index in [9.17, 15) is 22.8 Å². The summed E-state index contributed by atoms with van der Waals surface area (Å²) in [6.07, 6.45) is -0.488. The van der Waals surface area contributed by atoms with Gasteiger partial charge in [-0.25, -0.2) is 8.98 Å². The molecule has 1 saturated heterocycles. The smallest absolute Gasteiger partial charge is 0.277 e. The molecule has 1 fully saturated rings. The van der Waals surface area contributed by atoms with Crippen LogP contribution in [0.5, 0.6) is 0 Å². The summed E-state index contributed by atoms with van der Waals surface area (Å²) >= 11 is 0. The van der Waals surface area contributed by atoms with Crippen molar-refractivity contribution in [1.29, 1.82) is 0 Å². The third kappa shape index (κ3) is 3.56. The van der Waals surface area contributed by atoms with Crippen LogP contribution in [0.3, 0.4) is 0 Å². The summed E-state index contributed by atoms with van der Waals surface area (Å²) in [6.45, 7) is -0.954. The van der Waals surface area contributed by atoms with Gasteiger partial charge in [0, 0.05) is 0 Å². The Balaban J connectivity index is 2.51. The predicted octanol–water partition coefficient (Wildman–Crippen LogP) is -1.73. The van der Waals surface area contributed by atoms with Crippen LogP contribution in [0.15, 0.2) is 0 Å². The highest BCUT2D eigenvalue weighted by molar-refractivity contribution is 7.80. The fourth-order valence-corrected chi connectivity index (χ4v) is 1.32. The number of nitrogens with zero attached hydrogens (tertiary/aromatic N) is 1. The van der Waals surface area contributed by atoms with Crippen LogP contribution in [0.1, 0.15) is 6.42 Å². The summed E-state index contributed by atoms with van der Waals surface area (Å²) in [7, 11) is -4.61. The van der Waals surface area contributed by atoms with Crippen LogP contribution in [0.25, 0.3) is 0 Å². The summed E-state index contributed by atoms with van der Waals surface area (Å²) in [6, 6.07) is -0.944. The molecule has 0 radical (unpaired) electrons. The van der Waals surface area contributed by atoms with Gasteiger partial charge in [0.2, 0.25) is 11.8 Å². The number of carbonyl (C=O) groups excluding carboxylic acids is 3. The molecule has 90 valence electrons. The highest BCUT2D eigenvalue weighted by Crippen LogP contribution is 2.02. The van der Waals surface area contributed by atoms with Gasteiger partial charge < -0.3 is 0 Å². The molecular weight excluding hydrogens is 244 g/mol. The van der Waals surface area contributed by atoms with Crippen LogP contribution in [0, 0.1) is 0 Å². The number of rotatable bonds is 4. The lowest BCUT2D eigenvalue weighted by molar-refractivity contribution is -0.136. The van der Waals surface area contributed by atoms with Gasteiger partial charge in [-0.15, -0.1) is 0 Å². The van der Waals surface area contributed by atoms with Crippen molar-refractivity contribution in [1.82, 2.24) is 10.2 Å². The lowest BCUT2D eigenvalue weighted by Gasteiger charge is -2.23. The molecule has 0 aliphatic carbocycles. The van der Waals surface area contributed by atoms with Gasteiger partial charge in [0.15, 0.2) is 0 Å². The van der Waals surface area contributed by atoms with Crippen molar-refractivity contribution < 1.29 is 31.5 Å². The third-order valence-electron chi connectivity index (χ3n) is 1.65. The molecule has 0 spiro atoms. The first-order valence-corrected chi connectivity index (χ1v) is 5.42. The minimum Gasteiger partial charge on any atom is -0.277 e. The molecule has 0 unspecified atom stereocenters. The van der Waals surface area contributed by atoms with Crippen molar-refractivity contribution in [3.05, 3.63) is 0 Å². The molecule has 9 nitrogen and oxygen atoms in total. The van der Waals surface area contributed by atoms with Gasteiger partial charge in [0.25, 0.3) is 0 Å². The van der Waals surface area contributed by atoms with Gasteiger partial charge >= 0.3 is 16.4 Å². The minimum absolute atomic E-state index is 0.377. The van der Waals surface area contributed by atoms with E-state index in [-0.39, 0.29) is 6.54 Å². The fourth-order valence-electron chi connectivity index (χ4n) is 1.04. The molecule has 1 aliphatic heterocycles. The van der Waals surface area contributed by atoms with Gasteiger partial charge in [-0.2, -0.15) is 8.42 Å². The first kappa shape index (κ1) is 12.5. The summed E-state index contributed by atoms with van der Waals surface area (Å²) in [5.41, 5.74) is 0. The molecule has 10 heteroatoms. The highest BCUT2D eigenvalue weighted by Gasteiger charge is 2.30. The van der Waals surface area contributed by atoms with E-state index in [0.717, 1.165) is 0 Å². The van der Waals surface area contributed by atoms with E-state index < -0.39 is 41.3 Å². The van der Waals surface area contributed by atoms with E-state index in [1.807, 2.05) is 5.32 Å². The zero-order valence-corrected chi connectivity index (χ0v) is 8.69. The van der Waals surface area contributed by atoms with Crippen LogP contribution < -0.4 is 5.32 Å². The molecule has 0 aromatic carbocycles. The van der Waals surface area contributed by atoms with Crippen molar-refractivity contribution in [3.63, 3.8) is 0 Å². The first-order valence-electron chi connectivity index (χ1n) is 4.05. The molecule has 1 rings (SSSR count). The average Bonchev–Trinajstić information content (AvgIpc) is 2.07. The molecule has 0 bridgehead atoms. The number of carbonyl (C=O) groups is 3. The van der Waals surface area contributed by atoms with Crippen molar-refractivity contribution in [2.75, 3.05) is 13.2 Å². The Kier molecular flexibility index (Phi) is 3.57. The summed E-state index contributed by atoms with van der Waals surface area (Å²) in [4.78, 5) is 33.6. The number of barbiturate groups is 1. The van der Waals surface area contributed by atoms with E-state index in [4.69, 9.17) is 4.55 Å². The molecule has 0 aromatic heterocycles. The second-order valence-electron chi connectivity index (χ2n) is 2.83. The third-order valence-corrected chi connectivity index (χ3v) is 2.12.